The van der Waals surface area contributed by atoms with Gasteiger partial charge in [-0.2, -0.15) is 5.06 Å². The van der Waals surface area contributed by atoms with Crippen LogP contribution in [0.4, 0.5) is 4.79 Å². The maximum atomic E-state index is 11.6. The van der Waals surface area contributed by atoms with E-state index in [2.05, 4.69) is 50.3 Å². The van der Waals surface area contributed by atoms with E-state index in [-0.39, 0.29) is 23.2 Å². The number of carbonyl (C=O) groups excluding carboxylic acids is 1. The average molecular weight is 342 g/mol. The van der Waals surface area contributed by atoms with Crippen LogP contribution < -0.4 is 10.6 Å². The number of unbranched alkanes of at least 4 members (excludes halogenated alkanes) is 5. The first kappa shape index (κ1) is 21.2. The number of rotatable bonds is 9. The molecule has 1 rings (SSSR count). The molecule has 0 bridgehead atoms. The van der Waals surface area contributed by atoms with Gasteiger partial charge in [-0.3, -0.25) is 4.84 Å². The second kappa shape index (κ2) is 9.62. The van der Waals surface area contributed by atoms with Crippen LogP contribution >= 0.6 is 0 Å². The molecule has 0 saturated carbocycles. The Kier molecular flexibility index (Phi) is 8.51. The number of hydrogen-bond acceptors (Lipinski definition) is 3. The molecule has 2 amide bonds. The first-order valence-electron chi connectivity index (χ1n) is 9.64. The summed E-state index contributed by atoms with van der Waals surface area (Å²) in [6, 6.07) is 0.0666. The lowest BCUT2D eigenvalue weighted by Crippen LogP contribution is -2.64. The molecule has 24 heavy (non-hydrogen) atoms. The maximum absolute atomic E-state index is 11.6. The highest BCUT2D eigenvalue weighted by Crippen LogP contribution is 2.38. The third-order valence-electron chi connectivity index (χ3n) is 4.87. The van der Waals surface area contributed by atoms with E-state index in [0.717, 1.165) is 25.9 Å². The second-order valence-corrected chi connectivity index (χ2v) is 8.35. The molecule has 0 radical (unpaired) electrons. The zero-order valence-electron chi connectivity index (χ0n) is 16.7. The largest absolute Gasteiger partial charge is 0.341 e. The summed E-state index contributed by atoms with van der Waals surface area (Å²) in [7, 11) is 1.66. The summed E-state index contributed by atoms with van der Waals surface area (Å²) in [4.78, 5) is 17.8. The molecule has 142 valence electrons. The molecule has 1 heterocycles. The van der Waals surface area contributed by atoms with E-state index in [1.165, 1.54) is 32.1 Å². The Hall–Kier alpha value is -0.810. The van der Waals surface area contributed by atoms with Crippen LogP contribution in [0.5, 0.6) is 0 Å². The molecule has 0 aliphatic carbocycles. The fourth-order valence-corrected chi connectivity index (χ4v) is 4.01. The summed E-state index contributed by atoms with van der Waals surface area (Å²) in [6.07, 6.45) is 9.42. The lowest BCUT2D eigenvalue weighted by Gasteiger charge is -2.53. The van der Waals surface area contributed by atoms with Crippen molar-refractivity contribution in [2.24, 2.45) is 0 Å². The molecule has 0 aromatic rings. The standard InChI is InChI=1S/C19H39N3O2/c1-7-8-9-10-11-12-13-24-22-18(2,3)14-16(15-19(22,4)5)21-17(23)20-6/h16H,7-15H2,1-6H3,(H2,20,21,23). The number of nitrogens with one attached hydrogen (secondary N) is 2. The van der Waals surface area contributed by atoms with E-state index < -0.39 is 0 Å². The van der Waals surface area contributed by atoms with Gasteiger partial charge in [0.25, 0.3) is 0 Å². The van der Waals surface area contributed by atoms with Crippen LogP contribution in [0.2, 0.25) is 0 Å². The summed E-state index contributed by atoms with van der Waals surface area (Å²) in [6.45, 7) is 11.8. The molecule has 2 N–H and O–H groups in total. The van der Waals surface area contributed by atoms with E-state index in [9.17, 15) is 4.79 Å². The molecular weight excluding hydrogens is 302 g/mol. The van der Waals surface area contributed by atoms with Gasteiger partial charge in [-0.1, -0.05) is 39.0 Å². The zero-order chi connectivity index (χ0) is 18.2. The van der Waals surface area contributed by atoms with Gasteiger partial charge < -0.3 is 10.6 Å². The molecule has 0 atom stereocenters. The maximum Gasteiger partial charge on any atom is 0.314 e. The van der Waals surface area contributed by atoms with Gasteiger partial charge in [-0.05, 0) is 47.0 Å². The number of nitrogens with zero attached hydrogens (tertiary/aromatic N) is 1. The van der Waals surface area contributed by atoms with Gasteiger partial charge in [-0.25, -0.2) is 4.79 Å². The smallest absolute Gasteiger partial charge is 0.314 e. The van der Waals surface area contributed by atoms with Crippen LogP contribution in [-0.2, 0) is 4.84 Å². The quantitative estimate of drug-likeness (QED) is 0.617. The Morgan fingerprint density at radius 1 is 1.04 bits per heavy atom. The second-order valence-electron chi connectivity index (χ2n) is 8.35. The summed E-state index contributed by atoms with van der Waals surface area (Å²) in [5, 5.41) is 7.88. The first-order valence-corrected chi connectivity index (χ1v) is 9.64. The van der Waals surface area contributed by atoms with Crippen molar-refractivity contribution in [1.29, 1.82) is 0 Å². The molecule has 1 aliphatic heterocycles. The average Bonchev–Trinajstić information content (AvgIpc) is 2.47. The third kappa shape index (κ3) is 6.60. The summed E-state index contributed by atoms with van der Waals surface area (Å²) >= 11 is 0. The van der Waals surface area contributed by atoms with Crippen molar-refractivity contribution >= 4 is 6.03 Å². The molecule has 0 aromatic carbocycles. The number of hydroxylamine groups is 2. The van der Waals surface area contributed by atoms with E-state index in [1.807, 2.05) is 0 Å². The topological polar surface area (TPSA) is 53.6 Å². The summed E-state index contributed by atoms with van der Waals surface area (Å²) in [5.41, 5.74) is -0.203. The van der Waals surface area contributed by atoms with Crippen molar-refractivity contribution in [3.63, 3.8) is 0 Å². The Morgan fingerprint density at radius 3 is 2.12 bits per heavy atom. The van der Waals surface area contributed by atoms with Gasteiger partial charge in [0.05, 0.1) is 6.61 Å². The Labute approximate surface area is 148 Å². The third-order valence-corrected chi connectivity index (χ3v) is 4.87. The van der Waals surface area contributed by atoms with Crippen molar-refractivity contribution in [2.75, 3.05) is 13.7 Å². The van der Waals surface area contributed by atoms with Gasteiger partial charge in [0.1, 0.15) is 0 Å². The van der Waals surface area contributed by atoms with Gasteiger partial charge in [0, 0.05) is 24.2 Å². The fraction of sp³-hybridized carbons (Fsp3) is 0.947. The molecule has 5 nitrogen and oxygen atoms in total. The van der Waals surface area contributed by atoms with E-state index in [0.29, 0.717) is 0 Å². The van der Waals surface area contributed by atoms with Crippen molar-refractivity contribution < 1.29 is 9.63 Å². The van der Waals surface area contributed by atoms with E-state index in [1.54, 1.807) is 7.05 Å². The molecular formula is C19H39N3O2. The van der Waals surface area contributed by atoms with Crippen LogP contribution in [0.1, 0.15) is 86.0 Å². The van der Waals surface area contributed by atoms with Crippen LogP contribution in [0, 0.1) is 0 Å². The van der Waals surface area contributed by atoms with Crippen LogP contribution in [-0.4, -0.2) is 41.9 Å². The Morgan fingerprint density at radius 2 is 1.58 bits per heavy atom. The molecule has 0 spiro atoms. The van der Waals surface area contributed by atoms with Crippen LogP contribution in [0.15, 0.2) is 0 Å². The number of amides is 2. The minimum atomic E-state index is -0.104. The van der Waals surface area contributed by atoms with Crippen LogP contribution in [0.25, 0.3) is 0 Å². The molecule has 5 heteroatoms. The Balaban J connectivity index is 2.48. The normalized spacial score (nSPS) is 20.8. The minimum absolute atomic E-state index is 0.102. The zero-order valence-corrected chi connectivity index (χ0v) is 16.7. The van der Waals surface area contributed by atoms with Crippen molar-refractivity contribution in [3.05, 3.63) is 0 Å². The molecule has 1 fully saturated rings. The lowest BCUT2D eigenvalue weighted by molar-refractivity contribution is -0.284. The van der Waals surface area contributed by atoms with Gasteiger partial charge in [0.2, 0.25) is 0 Å². The van der Waals surface area contributed by atoms with E-state index in [4.69, 9.17) is 4.84 Å². The number of hydrogen-bond donors (Lipinski definition) is 2. The molecule has 0 unspecified atom stereocenters. The van der Waals surface area contributed by atoms with Crippen molar-refractivity contribution in [2.45, 2.75) is 103 Å². The van der Waals surface area contributed by atoms with Crippen molar-refractivity contribution in [1.82, 2.24) is 15.7 Å². The minimum Gasteiger partial charge on any atom is -0.341 e. The number of carbonyl (C=O) groups is 1. The summed E-state index contributed by atoms with van der Waals surface area (Å²) in [5.74, 6) is 0. The van der Waals surface area contributed by atoms with Gasteiger partial charge in [0.15, 0.2) is 0 Å². The molecule has 1 saturated heterocycles. The molecule has 0 aromatic heterocycles. The summed E-state index contributed by atoms with van der Waals surface area (Å²) < 4.78 is 0. The fourth-order valence-electron chi connectivity index (χ4n) is 4.01. The highest BCUT2D eigenvalue weighted by atomic mass is 16.7. The van der Waals surface area contributed by atoms with Crippen molar-refractivity contribution in [3.8, 4) is 0 Å². The number of urea groups is 1. The monoisotopic (exact) mass is 341 g/mol. The molecule has 1 aliphatic rings. The van der Waals surface area contributed by atoms with Crippen LogP contribution in [0.3, 0.4) is 0 Å². The predicted molar refractivity (Wildman–Crippen MR) is 99.9 cm³/mol. The highest BCUT2D eigenvalue weighted by Gasteiger charge is 2.46. The van der Waals surface area contributed by atoms with Gasteiger partial charge >= 0.3 is 6.03 Å². The lowest BCUT2D eigenvalue weighted by atomic mass is 9.79. The Bertz CT molecular complexity index is 365. The highest BCUT2D eigenvalue weighted by molar-refractivity contribution is 5.73. The number of piperidine rings is 1. The van der Waals surface area contributed by atoms with Gasteiger partial charge in [-0.15, -0.1) is 0 Å². The van der Waals surface area contributed by atoms with E-state index >= 15 is 0 Å². The predicted octanol–water partition coefficient (Wildman–Crippen LogP) is 4.23. The first-order chi connectivity index (χ1) is 11.2. The SMILES string of the molecule is CCCCCCCCON1C(C)(C)CC(NC(=O)NC)CC1(C)C.